The zero-order valence-electron chi connectivity index (χ0n) is 18.6. The molecule has 0 unspecified atom stereocenters. The van der Waals surface area contributed by atoms with Crippen molar-refractivity contribution in [3.8, 4) is 0 Å². The van der Waals surface area contributed by atoms with Crippen molar-refractivity contribution in [2.75, 3.05) is 5.08 Å². The Labute approximate surface area is 240 Å². The third kappa shape index (κ3) is 8.47. The average molecular weight is 621 g/mol. The van der Waals surface area contributed by atoms with E-state index in [0.29, 0.717) is 5.92 Å². The van der Waals surface area contributed by atoms with Crippen LogP contribution in [-0.2, 0) is 0 Å². The number of allylic oxidation sites excluding steroid dienone is 5. The normalized spacial score (nSPS) is 24.6. The Kier molecular flexibility index (Phi) is 11.1. The van der Waals surface area contributed by atoms with Gasteiger partial charge in [0.05, 0.1) is 4.24 Å². The second kappa shape index (κ2) is 13.3. The van der Waals surface area contributed by atoms with Crippen LogP contribution in [-0.4, -0.2) is 9.83 Å². The number of rotatable bonds is 8. The first-order chi connectivity index (χ1) is 15.9. The van der Waals surface area contributed by atoms with Crippen LogP contribution in [0, 0.1) is 5.92 Å². The lowest BCUT2D eigenvalue weighted by Crippen LogP contribution is -2.15. The molecule has 0 fully saturated rings. The second-order valence-corrected chi connectivity index (χ2v) is 19.8. The SMILES string of the molecule is CC(C)C1=CS/C(=C/C=C2/SC=C(SCSC(C)(C)C3=CS/C(=C\C=C4SC=CS4)S3)S2)S1. The monoisotopic (exact) mass is 620 g/mol. The van der Waals surface area contributed by atoms with E-state index in [9.17, 15) is 0 Å². The molecular formula is C23H24S10. The predicted molar refractivity (Wildman–Crippen MR) is 175 cm³/mol. The van der Waals surface area contributed by atoms with Gasteiger partial charge in [-0.2, -0.15) is 0 Å². The standard InChI is InChI=1S/C23H24S10/c1-15(2)16-11-26-19(31-16)7-8-21-28-13-22(33-21)29-14-30-23(3,4)17-12-27-20(32-17)6-5-18-24-9-10-25-18/h5-13,15H,14H2,1-4H3/b19-7-,20-6+,21-8-. The topological polar surface area (TPSA) is 0 Å². The van der Waals surface area contributed by atoms with E-state index in [2.05, 4.69) is 79.0 Å². The molecule has 0 saturated heterocycles. The first kappa shape index (κ1) is 27.5. The second-order valence-electron chi connectivity index (χ2n) is 7.62. The van der Waals surface area contributed by atoms with Crippen molar-refractivity contribution in [3.63, 3.8) is 0 Å². The molecule has 10 heteroatoms. The molecule has 4 aliphatic heterocycles. The summed E-state index contributed by atoms with van der Waals surface area (Å²) in [7, 11) is 0. The van der Waals surface area contributed by atoms with Gasteiger partial charge < -0.3 is 0 Å². The Morgan fingerprint density at radius 2 is 1.36 bits per heavy atom. The Morgan fingerprint density at radius 3 is 2.06 bits per heavy atom. The lowest BCUT2D eigenvalue weighted by Gasteiger charge is -2.24. The van der Waals surface area contributed by atoms with E-state index < -0.39 is 0 Å². The first-order valence-electron chi connectivity index (χ1n) is 10.1. The minimum Gasteiger partial charge on any atom is -0.139 e. The van der Waals surface area contributed by atoms with Gasteiger partial charge in [-0.1, -0.05) is 108 Å². The van der Waals surface area contributed by atoms with E-state index in [0.717, 1.165) is 5.08 Å². The van der Waals surface area contributed by atoms with E-state index in [1.54, 1.807) is 23.5 Å². The zero-order valence-corrected chi connectivity index (χ0v) is 26.7. The average Bonchev–Trinajstić information content (AvgIpc) is 3.58. The van der Waals surface area contributed by atoms with Gasteiger partial charge in [0.1, 0.15) is 0 Å². The Morgan fingerprint density at radius 1 is 0.758 bits per heavy atom. The summed E-state index contributed by atoms with van der Waals surface area (Å²) in [6.45, 7) is 9.23. The van der Waals surface area contributed by atoms with E-state index in [4.69, 9.17) is 0 Å². The third-order valence-electron chi connectivity index (χ3n) is 4.39. The minimum absolute atomic E-state index is 0.129. The summed E-state index contributed by atoms with van der Waals surface area (Å²) in [4.78, 5) is 2.94. The van der Waals surface area contributed by atoms with Crippen LogP contribution in [0.4, 0.5) is 0 Å². The van der Waals surface area contributed by atoms with Crippen LogP contribution < -0.4 is 0 Å². The van der Waals surface area contributed by atoms with Crippen molar-refractivity contribution in [1.82, 2.24) is 0 Å². The smallest absolute Gasteiger partial charge is 0.0530 e. The maximum atomic E-state index is 2.35. The Hall–Kier alpha value is 1.42. The summed E-state index contributed by atoms with van der Waals surface area (Å²) in [6.07, 6.45) is 9.06. The summed E-state index contributed by atoms with van der Waals surface area (Å²) < 4.78 is 7.02. The summed E-state index contributed by atoms with van der Waals surface area (Å²) in [5.41, 5.74) is 0. The van der Waals surface area contributed by atoms with Crippen LogP contribution in [0.2, 0.25) is 0 Å². The predicted octanol–water partition coefficient (Wildman–Crippen LogP) is 12.1. The molecule has 4 aliphatic rings. The fraction of sp³-hybridized carbons (Fsp3) is 0.304. The van der Waals surface area contributed by atoms with Crippen LogP contribution >= 0.6 is 118 Å². The summed E-state index contributed by atoms with van der Waals surface area (Å²) in [5, 5.41) is 12.3. The lowest BCUT2D eigenvalue weighted by atomic mass is 10.2. The van der Waals surface area contributed by atoms with Crippen molar-refractivity contribution in [1.29, 1.82) is 0 Å². The van der Waals surface area contributed by atoms with Crippen molar-refractivity contribution in [2.24, 2.45) is 5.92 Å². The molecule has 0 aliphatic carbocycles. The largest absolute Gasteiger partial charge is 0.139 e. The molecule has 0 amide bonds. The number of hydrogen-bond acceptors (Lipinski definition) is 10. The van der Waals surface area contributed by atoms with Crippen LogP contribution in [0.3, 0.4) is 0 Å². The van der Waals surface area contributed by atoms with Gasteiger partial charge >= 0.3 is 0 Å². The minimum atomic E-state index is 0.129. The molecule has 0 spiro atoms. The molecule has 0 aromatic heterocycles. The fourth-order valence-electron chi connectivity index (χ4n) is 2.48. The maximum Gasteiger partial charge on any atom is 0.0530 e. The van der Waals surface area contributed by atoms with Crippen LogP contribution in [0.5, 0.6) is 0 Å². The fourth-order valence-corrected chi connectivity index (χ4v) is 14.1. The molecule has 4 heterocycles. The highest BCUT2D eigenvalue weighted by atomic mass is 32.3. The van der Waals surface area contributed by atoms with Crippen molar-refractivity contribution in [3.05, 3.63) is 82.3 Å². The van der Waals surface area contributed by atoms with Crippen LogP contribution in [0.1, 0.15) is 27.7 Å². The van der Waals surface area contributed by atoms with Gasteiger partial charge in [0, 0.05) is 31.7 Å². The molecular weight excluding hydrogens is 597 g/mol. The molecule has 0 nitrogen and oxygen atoms in total. The van der Waals surface area contributed by atoms with E-state index in [-0.39, 0.29) is 4.75 Å². The first-order valence-corrected chi connectivity index (χ1v) is 18.9. The number of thioether (sulfide) groups is 10. The molecule has 33 heavy (non-hydrogen) atoms. The molecule has 176 valence electrons. The molecule has 0 aromatic carbocycles. The van der Waals surface area contributed by atoms with Gasteiger partial charge in [0.15, 0.2) is 0 Å². The van der Waals surface area contributed by atoms with Crippen LogP contribution in [0.25, 0.3) is 0 Å². The van der Waals surface area contributed by atoms with Gasteiger partial charge in [-0.3, -0.25) is 0 Å². The lowest BCUT2D eigenvalue weighted by molar-refractivity contribution is 0.820. The zero-order chi connectivity index (χ0) is 23.3. The molecule has 4 rings (SSSR count). The highest BCUT2D eigenvalue weighted by molar-refractivity contribution is 8.37. The van der Waals surface area contributed by atoms with Gasteiger partial charge in [0.25, 0.3) is 0 Å². The van der Waals surface area contributed by atoms with Crippen LogP contribution in [0.15, 0.2) is 82.3 Å². The van der Waals surface area contributed by atoms with E-state index in [1.807, 2.05) is 94.1 Å². The molecule has 0 saturated carbocycles. The summed E-state index contributed by atoms with van der Waals surface area (Å²) in [6, 6.07) is 0. The highest BCUT2D eigenvalue weighted by Crippen LogP contribution is 2.55. The Balaban J connectivity index is 1.19. The van der Waals surface area contributed by atoms with E-state index in [1.165, 1.54) is 31.0 Å². The van der Waals surface area contributed by atoms with E-state index >= 15 is 0 Å². The van der Waals surface area contributed by atoms with Crippen molar-refractivity contribution >= 4 is 118 Å². The van der Waals surface area contributed by atoms with Gasteiger partial charge in [-0.25, -0.2) is 0 Å². The van der Waals surface area contributed by atoms with Crippen molar-refractivity contribution < 1.29 is 0 Å². The Bertz CT molecular complexity index is 994. The molecule has 0 atom stereocenters. The quantitative estimate of drug-likeness (QED) is 0.239. The van der Waals surface area contributed by atoms with Crippen molar-refractivity contribution in [2.45, 2.75) is 32.4 Å². The molecule has 0 bridgehead atoms. The highest BCUT2D eigenvalue weighted by Gasteiger charge is 2.29. The number of hydrogen-bond donors (Lipinski definition) is 0. The molecule has 0 radical (unpaired) electrons. The summed E-state index contributed by atoms with van der Waals surface area (Å²) in [5.74, 6) is 0.618. The van der Waals surface area contributed by atoms with Gasteiger partial charge in [0.2, 0.25) is 0 Å². The maximum absolute atomic E-state index is 2.35. The van der Waals surface area contributed by atoms with Gasteiger partial charge in [-0.05, 0) is 76.0 Å². The molecule has 0 aromatic rings. The molecule has 0 N–H and O–H groups in total. The summed E-state index contributed by atoms with van der Waals surface area (Å²) >= 11 is 18.9. The third-order valence-corrected chi connectivity index (χ3v) is 16.8. The van der Waals surface area contributed by atoms with Gasteiger partial charge in [-0.15, -0.1) is 23.5 Å².